The van der Waals surface area contributed by atoms with Gasteiger partial charge in [-0.15, -0.1) is 0 Å². The van der Waals surface area contributed by atoms with E-state index in [4.69, 9.17) is 0 Å². The second-order valence-corrected chi connectivity index (χ2v) is 4.59. The van der Waals surface area contributed by atoms with Crippen LogP contribution in [0.5, 0.6) is 0 Å². The second-order valence-electron chi connectivity index (χ2n) is 3.74. The van der Waals surface area contributed by atoms with Crippen molar-refractivity contribution in [1.29, 1.82) is 0 Å². The monoisotopic (exact) mass is 363 g/mol. The summed E-state index contributed by atoms with van der Waals surface area (Å²) in [5.41, 5.74) is -0.586. The maximum Gasteiger partial charge on any atom is 1.00 e. The van der Waals surface area contributed by atoms with Crippen molar-refractivity contribution in [2.75, 3.05) is 11.3 Å². The van der Waals surface area contributed by atoms with Crippen LogP contribution < -0.4 is 56.3 Å². The number of benzene rings is 1. The van der Waals surface area contributed by atoms with Gasteiger partial charge in [0.25, 0.3) is 11.7 Å². The molecule has 3 nitrogen and oxygen atoms in total. The summed E-state index contributed by atoms with van der Waals surface area (Å²) < 4.78 is 50.1. The van der Waals surface area contributed by atoms with E-state index in [0.717, 1.165) is 12.1 Å². The Bertz CT molecular complexity index is 566. The van der Waals surface area contributed by atoms with E-state index in [1.807, 2.05) is 0 Å². The van der Waals surface area contributed by atoms with Gasteiger partial charge in [0, 0.05) is 4.47 Å². The number of amides is 1. The Kier molecular flexibility index (Phi) is 5.41. The summed E-state index contributed by atoms with van der Waals surface area (Å²) in [4.78, 5) is 23.2. The normalized spacial score (nSPS) is 14.5. The van der Waals surface area contributed by atoms with Crippen LogP contribution in [0.25, 0.3) is 0 Å². The molecular formula is C9H4BBrF4KNO2. The largest absolute Gasteiger partial charge is 1.00 e. The summed E-state index contributed by atoms with van der Waals surface area (Å²) in [7, 11) is 0. The Morgan fingerprint density at radius 2 is 1.79 bits per heavy atom. The number of ketones is 1. The van der Waals surface area contributed by atoms with Crippen molar-refractivity contribution < 1.29 is 78.3 Å². The van der Waals surface area contributed by atoms with Crippen LogP contribution in [0.1, 0.15) is 10.4 Å². The second kappa shape index (κ2) is 5.94. The van der Waals surface area contributed by atoms with Gasteiger partial charge in [-0.1, -0.05) is 0 Å². The van der Waals surface area contributed by atoms with Gasteiger partial charge in [0.2, 0.25) is 0 Å². The van der Waals surface area contributed by atoms with Crippen molar-refractivity contribution >= 4 is 40.3 Å². The Morgan fingerprint density at radius 3 is 2.32 bits per heavy atom. The first-order valence-corrected chi connectivity index (χ1v) is 5.56. The fraction of sp³-hybridized carbons (Fsp3) is 0.111. The minimum atomic E-state index is -5.28. The van der Waals surface area contributed by atoms with E-state index in [9.17, 15) is 26.9 Å². The number of halogens is 5. The van der Waals surface area contributed by atoms with E-state index in [1.54, 1.807) is 0 Å². The summed E-state index contributed by atoms with van der Waals surface area (Å²) in [5, 5.41) is 0. The summed E-state index contributed by atoms with van der Waals surface area (Å²) in [6.07, 6.45) is -1.53. The number of fused-ring (bicyclic) bond motifs is 1. The van der Waals surface area contributed by atoms with Crippen LogP contribution in [-0.2, 0) is 4.79 Å². The van der Waals surface area contributed by atoms with Crippen molar-refractivity contribution in [2.45, 2.75) is 0 Å². The number of nitrogens with zero attached hydrogens (tertiary/aromatic N) is 1. The van der Waals surface area contributed by atoms with Gasteiger partial charge < -0.3 is 17.8 Å². The number of hydrogen-bond acceptors (Lipinski definition) is 2. The first kappa shape index (κ1) is 17.3. The number of Topliss-reactive ketones (excluding diaryl/α,β-unsaturated/α-hetero) is 1. The van der Waals surface area contributed by atoms with E-state index in [0.29, 0.717) is 4.90 Å². The van der Waals surface area contributed by atoms with Gasteiger partial charge in [0.1, 0.15) is 5.82 Å². The van der Waals surface area contributed by atoms with Gasteiger partial charge in [-0.05, 0) is 34.5 Å². The Labute approximate surface area is 156 Å². The molecule has 0 spiro atoms. The van der Waals surface area contributed by atoms with Crippen molar-refractivity contribution in [3.63, 3.8) is 0 Å². The Hall–Kier alpha value is 0.261. The molecule has 0 aliphatic carbocycles. The number of rotatable bonds is 2. The molecule has 0 radical (unpaired) electrons. The van der Waals surface area contributed by atoms with Crippen LogP contribution >= 0.6 is 15.9 Å². The molecule has 1 aromatic carbocycles. The smallest absolute Gasteiger partial charge is 0.448 e. The fourth-order valence-electron chi connectivity index (χ4n) is 1.73. The van der Waals surface area contributed by atoms with Crippen molar-refractivity contribution in [2.24, 2.45) is 0 Å². The molecule has 10 heteroatoms. The van der Waals surface area contributed by atoms with Gasteiger partial charge in [-0.25, -0.2) is 4.39 Å². The van der Waals surface area contributed by atoms with Gasteiger partial charge in [-0.3, -0.25) is 9.59 Å². The zero-order valence-electron chi connectivity index (χ0n) is 9.59. The van der Waals surface area contributed by atoms with Crippen LogP contribution in [-0.4, -0.2) is 25.1 Å². The number of hydrogen-bond donors (Lipinski definition) is 0. The molecule has 1 heterocycles. The van der Waals surface area contributed by atoms with Crippen molar-refractivity contribution in [1.82, 2.24) is 0 Å². The first-order chi connectivity index (χ1) is 8.20. The molecule has 1 aromatic rings. The van der Waals surface area contributed by atoms with Gasteiger partial charge in [-0.2, -0.15) is 0 Å². The molecule has 1 aliphatic rings. The zero-order valence-corrected chi connectivity index (χ0v) is 14.3. The number of carbonyl (C=O) groups is 2. The summed E-state index contributed by atoms with van der Waals surface area (Å²) in [6.45, 7) is -5.28. The number of anilines is 1. The Balaban J connectivity index is 0.00000180. The predicted molar refractivity (Wildman–Crippen MR) is 59.9 cm³/mol. The van der Waals surface area contributed by atoms with Crippen molar-refractivity contribution in [3.05, 3.63) is 28.0 Å². The minimum Gasteiger partial charge on any atom is -0.448 e. The van der Waals surface area contributed by atoms with Gasteiger partial charge in [0.15, 0.2) is 0 Å². The molecule has 0 fully saturated rings. The van der Waals surface area contributed by atoms with E-state index in [1.165, 1.54) is 0 Å². The average Bonchev–Trinajstić information content (AvgIpc) is 2.42. The quantitative estimate of drug-likeness (QED) is 0.404. The molecule has 0 N–H and O–H groups in total. The summed E-state index contributed by atoms with van der Waals surface area (Å²) >= 11 is 2.85. The SMILES string of the molecule is O=C1C(=O)N(C[B-](F)(F)F)c2c(Br)cc(F)cc21.[K+]. The van der Waals surface area contributed by atoms with Crippen LogP contribution in [0.4, 0.5) is 23.0 Å². The molecular weight excluding hydrogens is 360 g/mol. The maximum absolute atomic E-state index is 13.1. The van der Waals surface area contributed by atoms with E-state index >= 15 is 0 Å². The maximum atomic E-state index is 13.1. The van der Waals surface area contributed by atoms with E-state index in [2.05, 4.69) is 15.9 Å². The molecule has 0 unspecified atom stereocenters. The van der Waals surface area contributed by atoms with Crippen LogP contribution in [0.3, 0.4) is 0 Å². The topological polar surface area (TPSA) is 37.4 Å². The van der Waals surface area contributed by atoms with Crippen LogP contribution in [0.15, 0.2) is 16.6 Å². The Morgan fingerprint density at radius 1 is 1.21 bits per heavy atom. The first-order valence-electron chi connectivity index (χ1n) is 4.77. The third-order valence-corrected chi connectivity index (χ3v) is 2.98. The van der Waals surface area contributed by atoms with Gasteiger partial charge in [0.05, 0.1) is 11.3 Å². The van der Waals surface area contributed by atoms with E-state index < -0.39 is 30.9 Å². The summed E-state index contributed by atoms with van der Waals surface area (Å²) in [5.74, 6) is -3.23. The molecule has 0 saturated carbocycles. The minimum absolute atomic E-state index is 0. The van der Waals surface area contributed by atoms with Crippen molar-refractivity contribution in [3.8, 4) is 0 Å². The number of carbonyl (C=O) groups excluding carboxylic acids is 2. The third-order valence-electron chi connectivity index (χ3n) is 2.37. The molecule has 0 saturated heterocycles. The molecule has 0 atom stereocenters. The molecule has 1 amide bonds. The molecule has 0 aromatic heterocycles. The molecule has 0 bridgehead atoms. The molecule has 1 aliphatic heterocycles. The zero-order chi connectivity index (χ0) is 13.7. The summed E-state index contributed by atoms with van der Waals surface area (Å²) in [6, 6.07) is 1.66. The van der Waals surface area contributed by atoms with Crippen LogP contribution in [0, 0.1) is 5.82 Å². The molecule has 19 heavy (non-hydrogen) atoms. The molecule has 96 valence electrons. The van der Waals surface area contributed by atoms with Gasteiger partial charge >= 0.3 is 58.4 Å². The predicted octanol–water partition coefficient (Wildman–Crippen LogP) is -0.492. The van der Waals surface area contributed by atoms with E-state index in [-0.39, 0.29) is 67.1 Å². The molecule has 2 rings (SSSR count). The standard InChI is InChI=1S/C9H4BBrF4NO2.K/c11-6-2-4(12)1-5-7(6)16(3-10(13,14)15)9(18)8(5)17;/h1-2H,3H2;/q-1;+1. The van der Waals surface area contributed by atoms with Crippen LogP contribution in [0.2, 0.25) is 0 Å². The average molecular weight is 364 g/mol. The fourth-order valence-corrected chi connectivity index (χ4v) is 2.38. The third kappa shape index (κ3) is 3.48.